The fraction of sp³-hybridized carbons (Fsp3) is 0.320. The number of halogens is 1. The molecule has 1 aliphatic rings. The van der Waals surface area contributed by atoms with Crippen molar-refractivity contribution < 1.29 is 4.39 Å². The van der Waals surface area contributed by atoms with E-state index in [1.54, 1.807) is 12.1 Å². The Labute approximate surface area is 188 Å². The van der Waals surface area contributed by atoms with Crippen LogP contribution in [0.25, 0.3) is 0 Å². The highest BCUT2D eigenvalue weighted by atomic mass is 19.1. The lowest BCUT2D eigenvalue weighted by Crippen LogP contribution is -2.32. The van der Waals surface area contributed by atoms with Crippen molar-refractivity contribution >= 4 is 17.5 Å². The van der Waals surface area contributed by atoms with E-state index in [-0.39, 0.29) is 5.82 Å². The quantitative estimate of drug-likeness (QED) is 0.546. The molecule has 2 N–H and O–H groups in total. The Morgan fingerprint density at radius 3 is 2.78 bits per heavy atom. The SMILES string of the molecule is CCCc1cc(N2CCC(NCc3ccc(F)cc3)C2)nc(Nc2cccc(C#N)c2)n1. The second-order valence-electron chi connectivity index (χ2n) is 8.05. The van der Waals surface area contributed by atoms with Crippen molar-refractivity contribution in [1.29, 1.82) is 5.26 Å². The fourth-order valence-electron chi connectivity index (χ4n) is 3.88. The molecule has 2 aromatic carbocycles. The molecule has 1 unspecified atom stereocenters. The van der Waals surface area contributed by atoms with Gasteiger partial charge in [0.2, 0.25) is 5.95 Å². The van der Waals surface area contributed by atoms with E-state index in [1.807, 2.05) is 24.3 Å². The molecule has 164 valence electrons. The minimum absolute atomic E-state index is 0.212. The molecule has 4 rings (SSSR count). The maximum atomic E-state index is 13.1. The summed E-state index contributed by atoms with van der Waals surface area (Å²) in [4.78, 5) is 11.7. The van der Waals surface area contributed by atoms with Crippen molar-refractivity contribution in [2.45, 2.75) is 38.8 Å². The largest absolute Gasteiger partial charge is 0.355 e. The summed E-state index contributed by atoms with van der Waals surface area (Å²) in [6.45, 7) is 4.61. The van der Waals surface area contributed by atoms with E-state index in [1.165, 1.54) is 12.1 Å². The summed E-state index contributed by atoms with van der Waals surface area (Å²) in [5.41, 5.74) is 3.46. The first-order valence-electron chi connectivity index (χ1n) is 11.0. The number of nitrogens with one attached hydrogen (secondary N) is 2. The van der Waals surface area contributed by atoms with Gasteiger partial charge in [0.1, 0.15) is 11.6 Å². The monoisotopic (exact) mass is 430 g/mol. The van der Waals surface area contributed by atoms with Gasteiger partial charge in [0.15, 0.2) is 0 Å². The normalized spacial score (nSPS) is 15.5. The molecule has 0 amide bonds. The summed E-state index contributed by atoms with van der Waals surface area (Å²) in [5.74, 6) is 1.24. The lowest BCUT2D eigenvalue weighted by molar-refractivity contribution is 0.550. The molecule has 3 aromatic rings. The maximum Gasteiger partial charge on any atom is 0.229 e. The van der Waals surface area contributed by atoms with Crippen LogP contribution >= 0.6 is 0 Å². The number of nitrogens with zero attached hydrogens (tertiary/aromatic N) is 4. The van der Waals surface area contributed by atoms with Gasteiger partial charge in [0, 0.05) is 43.1 Å². The maximum absolute atomic E-state index is 13.1. The fourth-order valence-corrected chi connectivity index (χ4v) is 3.88. The van der Waals surface area contributed by atoms with Crippen molar-refractivity contribution in [2.75, 3.05) is 23.3 Å². The zero-order chi connectivity index (χ0) is 22.3. The Balaban J connectivity index is 1.45. The summed E-state index contributed by atoms with van der Waals surface area (Å²) in [7, 11) is 0. The highest BCUT2D eigenvalue weighted by Gasteiger charge is 2.24. The molecule has 2 heterocycles. The van der Waals surface area contributed by atoms with Crippen LogP contribution in [0, 0.1) is 17.1 Å². The lowest BCUT2D eigenvalue weighted by atomic mass is 10.2. The highest BCUT2D eigenvalue weighted by molar-refractivity contribution is 5.58. The van der Waals surface area contributed by atoms with Gasteiger partial charge in [0.25, 0.3) is 0 Å². The predicted octanol–water partition coefficient (Wildman–Crippen LogP) is 4.55. The van der Waals surface area contributed by atoms with Crippen molar-refractivity contribution in [3.05, 3.63) is 77.2 Å². The number of rotatable bonds is 8. The average Bonchev–Trinajstić information content (AvgIpc) is 3.28. The molecule has 32 heavy (non-hydrogen) atoms. The number of hydrogen-bond acceptors (Lipinski definition) is 6. The van der Waals surface area contributed by atoms with Crippen molar-refractivity contribution in [1.82, 2.24) is 15.3 Å². The average molecular weight is 431 g/mol. The summed E-state index contributed by atoms with van der Waals surface area (Å²) >= 11 is 0. The topological polar surface area (TPSA) is 76.9 Å². The first-order valence-corrected chi connectivity index (χ1v) is 11.0. The van der Waals surface area contributed by atoms with E-state index in [9.17, 15) is 4.39 Å². The minimum Gasteiger partial charge on any atom is -0.355 e. The van der Waals surface area contributed by atoms with Crippen molar-refractivity contribution in [2.24, 2.45) is 0 Å². The van der Waals surface area contributed by atoms with Crippen LogP contribution in [0.15, 0.2) is 54.6 Å². The molecular formula is C25H27FN6. The van der Waals surface area contributed by atoms with Gasteiger partial charge in [-0.2, -0.15) is 10.2 Å². The van der Waals surface area contributed by atoms with Gasteiger partial charge >= 0.3 is 0 Å². The number of aryl methyl sites for hydroxylation is 1. The van der Waals surface area contributed by atoms with Crippen LogP contribution in [-0.4, -0.2) is 29.1 Å². The molecule has 0 radical (unpaired) electrons. The third-order valence-corrected chi connectivity index (χ3v) is 5.54. The van der Waals surface area contributed by atoms with Gasteiger partial charge in [-0.3, -0.25) is 0 Å². The van der Waals surface area contributed by atoms with Crippen LogP contribution in [0.2, 0.25) is 0 Å². The molecule has 1 saturated heterocycles. The van der Waals surface area contributed by atoms with E-state index in [4.69, 9.17) is 10.2 Å². The van der Waals surface area contributed by atoms with Gasteiger partial charge < -0.3 is 15.5 Å². The molecule has 0 saturated carbocycles. The van der Waals surface area contributed by atoms with E-state index < -0.39 is 0 Å². The number of benzene rings is 2. The zero-order valence-corrected chi connectivity index (χ0v) is 18.2. The van der Waals surface area contributed by atoms with Crippen LogP contribution in [0.4, 0.5) is 21.8 Å². The molecule has 1 aliphatic heterocycles. The Morgan fingerprint density at radius 1 is 1.16 bits per heavy atom. The van der Waals surface area contributed by atoms with Gasteiger partial charge in [-0.25, -0.2) is 9.37 Å². The van der Waals surface area contributed by atoms with Gasteiger partial charge in [0.05, 0.1) is 11.6 Å². The van der Waals surface area contributed by atoms with Crippen LogP contribution < -0.4 is 15.5 Å². The molecule has 0 bridgehead atoms. The highest BCUT2D eigenvalue weighted by Crippen LogP contribution is 2.23. The Morgan fingerprint density at radius 2 is 2.00 bits per heavy atom. The van der Waals surface area contributed by atoms with Crippen LogP contribution in [-0.2, 0) is 13.0 Å². The number of hydrogen-bond donors (Lipinski definition) is 2. The summed E-state index contributed by atoms with van der Waals surface area (Å²) in [6.07, 6.45) is 2.89. The van der Waals surface area contributed by atoms with Gasteiger partial charge in [-0.05, 0) is 48.7 Å². The van der Waals surface area contributed by atoms with Gasteiger partial charge in [-0.1, -0.05) is 31.5 Å². The second-order valence-corrected chi connectivity index (χ2v) is 8.05. The summed E-state index contributed by atoms with van der Waals surface area (Å²) < 4.78 is 13.1. The number of nitriles is 1. The number of anilines is 3. The summed E-state index contributed by atoms with van der Waals surface area (Å²) in [5, 5.41) is 16.0. The van der Waals surface area contributed by atoms with Crippen LogP contribution in [0.5, 0.6) is 0 Å². The Hall–Kier alpha value is -3.50. The predicted molar refractivity (Wildman–Crippen MR) is 124 cm³/mol. The number of aromatic nitrogens is 2. The Kier molecular flexibility index (Phi) is 6.93. The van der Waals surface area contributed by atoms with Crippen LogP contribution in [0.3, 0.4) is 0 Å². The minimum atomic E-state index is -0.212. The smallest absolute Gasteiger partial charge is 0.229 e. The van der Waals surface area contributed by atoms with Crippen molar-refractivity contribution in [3.63, 3.8) is 0 Å². The molecule has 0 spiro atoms. The molecule has 0 aliphatic carbocycles. The molecule has 1 aromatic heterocycles. The molecule has 1 fully saturated rings. The summed E-state index contributed by atoms with van der Waals surface area (Å²) in [6, 6.07) is 18.5. The molecule has 1 atom stereocenters. The first-order chi connectivity index (χ1) is 15.6. The van der Waals surface area contributed by atoms with E-state index in [0.717, 1.165) is 55.1 Å². The van der Waals surface area contributed by atoms with Gasteiger partial charge in [-0.15, -0.1) is 0 Å². The molecule has 7 heteroatoms. The van der Waals surface area contributed by atoms with Crippen molar-refractivity contribution in [3.8, 4) is 6.07 Å². The third kappa shape index (κ3) is 5.59. The van der Waals surface area contributed by atoms with E-state index >= 15 is 0 Å². The first kappa shape index (κ1) is 21.7. The van der Waals surface area contributed by atoms with Crippen LogP contribution in [0.1, 0.15) is 36.6 Å². The van der Waals surface area contributed by atoms with E-state index in [2.05, 4.69) is 39.6 Å². The second kappa shape index (κ2) is 10.2. The molecular weight excluding hydrogens is 403 g/mol. The van der Waals surface area contributed by atoms with E-state index in [0.29, 0.717) is 24.1 Å². The third-order valence-electron chi connectivity index (χ3n) is 5.54. The Bertz CT molecular complexity index is 1090. The molecule has 6 nitrogen and oxygen atoms in total. The zero-order valence-electron chi connectivity index (χ0n) is 18.2. The lowest BCUT2D eigenvalue weighted by Gasteiger charge is -2.20. The standard InChI is InChI=1S/C25H27FN6/c1-2-4-21-14-24(31-25(29-21)30-22-6-3-5-19(13-22)15-27)32-12-11-23(17-32)28-16-18-7-9-20(26)10-8-18/h3,5-10,13-14,23,28H,2,4,11-12,16-17H2,1H3,(H,29,30,31).